The lowest BCUT2D eigenvalue weighted by Gasteiger charge is -2.18. The molecule has 0 radical (unpaired) electrons. The van der Waals surface area contributed by atoms with Gasteiger partial charge in [0.15, 0.2) is 0 Å². The fourth-order valence-electron chi connectivity index (χ4n) is 2.97. The standard InChI is InChI=1S/C20H22NOP/c1-17(18-11-5-2-6-12-18)21-23(22,19-13-7-3-8-14-19)20-15-9-4-10-16-20/h3-4,7-11,13-16H,2,5-6,12H2,1H3/b21-17-. The zero-order chi connectivity index (χ0) is 16.1. The molecule has 0 atom stereocenters. The van der Waals surface area contributed by atoms with Crippen LogP contribution in [0, 0.1) is 0 Å². The maximum absolute atomic E-state index is 13.9. The van der Waals surface area contributed by atoms with E-state index < -0.39 is 7.29 Å². The lowest BCUT2D eigenvalue weighted by atomic mass is 9.97. The summed E-state index contributed by atoms with van der Waals surface area (Å²) in [5, 5.41) is 1.59. The van der Waals surface area contributed by atoms with E-state index in [9.17, 15) is 4.57 Å². The Morgan fingerprint density at radius 3 is 1.96 bits per heavy atom. The van der Waals surface area contributed by atoms with Gasteiger partial charge in [0, 0.05) is 16.3 Å². The molecule has 0 heterocycles. The fraction of sp³-hybridized carbons (Fsp3) is 0.250. The summed E-state index contributed by atoms with van der Waals surface area (Å²) in [6.45, 7) is 2.00. The first-order valence-electron chi connectivity index (χ1n) is 8.18. The number of benzene rings is 2. The molecule has 0 bridgehead atoms. The lowest BCUT2D eigenvalue weighted by Crippen LogP contribution is -2.16. The first-order valence-corrected chi connectivity index (χ1v) is 9.83. The summed E-state index contributed by atoms with van der Waals surface area (Å²) < 4.78 is 18.6. The zero-order valence-corrected chi connectivity index (χ0v) is 14.4. The van der Waals surface area contributed by atoms with E-state index in [2.05, 4.69) is 6.08 Å². The van der Waals surface area contributed by atoms with Crippen molar-refractivity contribution >= 4 is 23.6 Å². The molecule has 0 aliphatic heterocycles. The van der Waals surface area contributed by atoms with E-state index in [1.165, 1.54) is 18.4 Å². The molecule has 0 fully saturated rings. The number of hydrogen-bond donors (Lipinski definition) is 0. The summed E-state index contributed by atoms with van der Waals surface area (Å²) in [5.41, 5.74) is 2.17. The minimum Gasteiger partial charge on any atom is -0.288 e. The van der Waals surface area contributed by atoms with Crippen molar-refractivity contribution in [2.24, 2.45) is 4.76 Å². The molecule has 0 spiro atoms. The third kappa shape index (κ3) is 3.54. The largest absolute Gasteiger partial charge is 0.288 e. The molecule has 0 unspecified atom stereocenters. The second kappa shape index (κ2) is 7.10. The predicted molar refractivity (Wildman–Crippen MR) is 99.4 cm³/mol. The van der Waals surface area contributed by atoms with E-state index in [4.69, 9.17) is 4.76 Å². The predicted octanol–water partition coefficient (Wildman–Crippen LogP) is 4.88. The van der Waals surface area contributed by atoms with Crippen molar-refractivity contribution < 1.29 is 4.57 Å². The summed E-state index contributed by atoms with van der Waals surface area (Å²) >= 11 is 0. The molecule has 0 N–H and O–H groups in total. The first kappa shape index (κ1) is 16.0. The highest BCUT2D eigenvalue weighted by Crippen LogP contribution is 2.45. The Hall–Kier alpha value is -1.92. The second-order valence-corrected chi connectivity index (χ2v) is 8.29. The molecule has 2 aromatic rings. The van der Waals surface area contributed by atoms with Crippen molar-refractivity contribution in [1.82, 2.24) is 0 Å². The monoisotopic (exact) mass is 323 g/mol. The lowest BCUT2D eigenvalue weighted by molar-refractivity contribution is 0.588. The van der Waals surface area contributed by atoms with E-state index in [0.29, 0.717) is 0 Å². The molecule has 3 heteroatoms. The normalized spacial score (nSPS) is 16.0. The Labute approximate surface area is 138 Å². The van der Waals surface area contributed by atoms with E-state index in [1.807, 2.05) is 67.6 Å². The van der Waals surface area contributed by atoms with Crippen LogP contribution in [0.2, 0.25) is 0 Å². The fourth-order valence-corrected chi connectivity index (χ4v) is 5.20. The van der Waals surface area contributed by atoms with Crippen molar-refractivity contribution in [3.05, 3.63) is 72.3 Å². The molecule has 1 aliphatic carbocycles. The van der Waals surface area contributed by atoms with Gasteiger partial charge in [0.25, 0.3) is 0 Å². The van der Waals surface area contributed by atoms with Gasteiger partial charge in [0.2, 0.25) is 7.29 Å². The number of allylic oxidation sites excluding steroid dienone is 2. The van der Waals surface area contributed by atoms with Crippen LogP contribution < -0.4 is 10.6 Å². The van der Waals surface area contributed by atoms with Crippen LogP contribution in [-0.2, 0) is 4.57 Å². The SMILES string of the molecule is C/C(=N/P(=O)(c1ccccc1)c1ccccc1)C1=CCCCC1. The Morgan fingerprint density at radius 1 is 0.913 bits per heavy atom. The molecular weight excluding hydrogens is 301 g/mol. The molecule has 0 amide bonds. The maximum atomic E-state index is 13.9. The highest BCUT2D eigenvalue weighted by atomic mass is 31.2. The summed E-state index contributed by atoms with van der Waals surface area (Å²) in [7, 11) is -3.00. The molecule has 2 nitrogen and oxygen atoms in total. The van der Waals surface area contributed by atoms with Gasteiger partial charge in [-0.15, -0.1) is 0 Å². The van der Waals surface area contributed by atoms with Crippen LogP contribution in [-0.4, -0.2) is 5.71 Å². The minimum absolute atomic E-state index is 0.793. The van der Waals surface area contributed by atoms with Crippen LogP contribution in [0.3, 0.4) is 0 Å². The molecular formula is C20H22NOP. The average Bonchev–Trinajstić information content (AvgIpc) is 2.64. The highest BCUT2D eigenvalue weighted by molar-refractivity contribution is 7.77. The van der Waals surface area contributed by atoms with Crippen LogP contribution >= 0.6 is 7.29 Å². The van der Waals surface area contributed by atoms with Crippen LogP contribution in [0.25, 0.3) is 0 Å². The van der Waals surface area contributed by atoms with E-state index in [0.717, 1.165) is 29.2 Å². The van der Waals surface area contributed by atoms with E-state index in [1.54, 1.807) is 0 Å². The highest BCUT2D eigenvalue weighted by Gasteiger charge is 2.27. The van der Waals surface area contributed by atoms with Crippen molar-refractivity contribution in [3.8, 4) is 0 Å². The average molecular weight is 323 g/mol. The summed E-state index contributed by atoms with van der Waals surface area (Å²) in [6, 6.07) is 19.3. The molecule has 2 aromatic carbocycles. The van der Waals surface area contributed by atoms with Gasteiger partial charge in [-0.1, -0.05) is 42.5 Å². The molecule has 118 valence electrons. The van der Waals surface area contributed by atoms with Crippen LogP contribution in [0.5, 0.6) is 0 Å². The van der Waals surface area contributed by atoms with Gasteiger partial charge in [0.1, 0.15) is 0 Å². The molecule has 0 saturated heterocycles. The van der Waals surface area contributed by atoms with Gasteiger partial charge < -0.3 is 0 Å². The van der Waals surface area contributed by atoms with Gasteiger partial charge in [-0.3, -0.25) is 4.57 Å². The molecule has 23 heavy (non-hydrogen) atoms. The van der Waals surface area contributed by atoms with Gasteiger partial charge in [-0.2, -0.15) is 0 Å². The van der Waals surface area contributed by atoms with Gasteiger partial charge >= 0.3 is 0 Å². The Kier molecular flexibility index (Phi) is 4.93. The van der Waals surface area contributed by atoms with Crippen LogP contribution in [0.4, 0.5) is 0 Å². The third-order valence-corrected chi connectivity index (χ3v) is 6.84. The van der Waals surface area contributed by atoms with E-state index in [-0.39, 0.29) is 0 Å². The second-order valence-electron chi connectivity index (χ2n) is 5.91. The number of rotatable bonds is 4. The van der Waals surface area contributed by atoms with Gasteiger partial charge in [0.05, 0.1) is 0 Å². The Bertz CT molecular complexity index is 719. The van der Waals surface area contributed by atoms with Gasteiger partial charge in [-0.25, -0.2) is 4.76 Å². The summed E-state index contributed by atoms with van der Waals surface area (Å²) in [4.78, 5) is 0. The zero-order valence-electron chi connectivity index (χ0n) is 13.5. The van der Waals surface area contributed by atoms with Crippen molar-refractivity contribution in [3.63, 3.8) is 0 Å². The summed E-state index contributed by atoms with van der Waals surface area (Å²) in [6.07, 6.45) is 6.83. The van der Waals surface area contributed by atoms with E-state index >= 15 is 0 Å². The quantitative estimate of drug-likeness (QED) is 0.582. The topological polar surface area (TPSA) is 29.4 Å². The third-order valence-electron chi connectivity index (χ3n) is 4.26. The van der Waals surface area contributed by atoms with Gasteiger partial charge in [-0.05, 0) is 62.4 Å². The molecule has 0 saturated carbocycles. The number of hydrogen-bond acceptors (Lipinski definition) is 1. The van der Waals surface area contributed by atoms with Crippen LogP contribution in [0.15, 0.2) is 77.1 Å². The number of nitrogens with zero attached hydrogens (tertiary/aromatic N) is 1. The van der Waals surface area contributed by atoms with Crippen molar-refractivity contribution in [2.75, 3.05) is 0 Å². The Morgan fingerprint density at radius 2 is 1.48 bits per heavy atom. The maximum Gasteiger partial charge on any atom is 0.247 e. The van der Waals surface area contributed by atoms with Crippen molar-refractivity contribution in [2.45, 2.75) is 32.6 Å². The van der Waals surface area contributed by atoms with Crippen molar-refractivity contribution in [1.29, 1.82) is 0 Å². The smallest absolute Gasteiger partial charge is 0.247 e. The summed E-state index contributed by atoms with van der Waals surface area (Å²) in [5.74, 6) is 0. The first-order chi connectivity index (χ1) is 11.2. The molecule has 0 aromatic heterocycles. The Balaban J connectivity index is 2.10. The molecule has 1 aliphatic rings. The minimum atomic E-state index is -3.00. The molecule has 3 rings (SSSR count). The van der Waals surface area contributed by atoms with Crippen LogP contribution in [0.1, 0.15) is 32.6 Å².